The molecular weight excluding hydrogens is 256 g/mol. The fourth-order valence-electron chi connectivity index (χ4n) is 3.83. The van der Waals surface area contributed by atoms with E-state index in [4.69, 9.17) is 4.74 Å². The zero-order valence-corrected chi connectivity index (χ0v) is 12.6. The van der Waals surface area contributed by atoms with Gasteiger partial charge in [-0.15, -0.1) is 0 Å². The van der Waals surface area contributed by atoms with Crippen molar-refractivity contribution in [1.29, 1.82) is 0 Å². The number of hydrogen-bond acceptors (Lipinski definition) is 3. The lowest BCUT2D eigenvalue weighted by atomic mass is 9.81. The van der Waals surface area contributed by atoms with E-state index in [1.807, 2.05) is 4.57 Å². The second-order valence-electron chi connectivity index (χ2n) is 6.25. The average molecular weight is 276 g/mol. The Bertz CT molecular complexity index is 664. The Morgan fingerprint density at radius 1 is 1.35 bits per heavy atom. The van der Waals surface area contributed by atoms with Crippen LogP contribution in [0.3, 0.4) is 0 Å². The predicted octanol–water partition coefficient (Wildman–Crippen LogP) is 1.41. The number of likely N-dealkylation sites (N-methyl/N-ethyl adjacent to an activating group) is 1. The van der Waals surface area contributed by atoms with Crippen LogP contribution in [0.5, 0.6) is 5.75 Å². The number of nitrogens with zero attached hydrogens (tertiary/aromatic N) is 2. The van der Waals surface area contributed by atoms with E-state index in [2.05, 4.69) is 20.8 Å². The number of amides is 1. The molecule has 3 unspecified atom stereocenters. The molecule has 3 rings (SSSR count). The average Bonchev–Trinajstić information content (AvgIpc) is 2.58. The number of carbonyl (C=O) groups is 1. The third-order valence-electron chi connectivity index (χ3n) is 5.22. The molecule has 1 amide bonds. The second kappa shape index (κ2) is 3.87. The summed E-state index contributed by atoms with van der Waals surface area (Å²) in [6, 6.07) is 1.63. The van der Waals surface area contributed by atoms with Crippen molar-refractivity contribution in [2.24, 2.45) is 5.92 Å². The molecule has 108 valence electrons. The Balaban J connectivity index is 2.45. The van der Waals surface area contributed by atoms with Crippen LogP contribution in [0.15, 0.2) is 10.9 Å². The highest BCUT2D eigenvalue weighted by Gasteiger charge is 2.51. The summed E-state index contributed by atoms with van der Waals surface area (Å²) in [5, 5.41) is 0. The monoisotopic (exact) mass is 276 g/mol. The lowest BCUT2D eigenvalue weighted by molar-refractivity contribution is 0.0574. The first-order valence-electron chi connectivity index (χ1n) is 6.92. The third kappa shape index (κ3) is 1.33. The minimum atomic E-state index is -0.208. The van der Waals surface area contributed by atoms with Crippen molar-refractivity contribution in [3.63, 3.8) is 0 Å². The van der Waals surface area contributed by atoms with Gasteiger partial charge < -0.3 is 14.2 Å². The summed E-state index contributed by atoms with van der Waals surface area (Å²) in [6.45, 7) is 7.11. The summed E-state index contributed by atoms with van der Waals surface area (Å²) in [6.07, 6.45) is 0. The Kier molecular flexibility index (Phi) is 2.56. The first kappa shape index (κ1) is 13.2. The van der Waals surface area contributed by atoms with Gasteiger partial charge in [-0.2, -0.15) is 0 Å². The molecule has 0 aliphatic carbocycles. The van der Waals surface area contributed by atoms with Crippen molar-refractivity contribution in [3.8, 4) is 5.75 Å². The first-order chi connectivity index (χ1) is 9.32. The van der Waals surface area contributed by atoms with Gasteiger partial charge in [0.05, 0.1) is 12.6 Å². The van der Waals surface area contributed by atoms with Crippen LogP contribution in [0, 0.1) is 5.92 Å². The van der Waals surface area contributed by atoms with Crippen LogP contribution >= 0.6 is 0 Å². The molecule has 2 aliphatic heterocycles. The Hall–Kier alpha value is -1.78. The number of rotatable bonds is 1. The molecule has 5 nitrogen and oxygen atoms in total. The summed E-state index contributed by atoms with van der Waals surface area (Å²) < 4.78 is 7.27. The van der Waals surface area contributed by atoms with E-state index >= 15 is 0 Å². The van der Waals surface area contributed by atoms with Crippen LogP contribution in [0.4, 0.5) is 0 Å². The number of hydrogen-bond donors (Lipinski definition) is 0. The van der Waals surface area contributed by atoms with Gasteiger partial charge in [-0.05, 0) is 12.8 Å². The normalized spacial score (nSPS) is 31.4. The highest BCUT2D eigenvalue weighted by atomic mass is 16.5. The van der Waals surface area contributed by atoms with Gasteiger partial charge >= 0.3 is 0 Å². The number of methoxy groups -OCH3 is 1. The molecular formula is C15H20N2O3. The molecule has 0 spiro atoms. The Labute approximate surface area is 118 Å². The van der Waals surface area contributed by atoms with Gasteiger partial charge in [0.1, 0.15) is 0 Å². The maximum absolute atomic E-state index is 12.5. The maximum Gasteiger partial charge on any atom is 0.274 e. The molecule has 0 N–H and O–H groups in total. The van der Waals surface area contributed by atoms with Crippen LogP contribution < -0.4 is 10.2 Å². The van der Waals surface area contributed by atoms with Crippen molar-refractivity contribution < 1.29 is 9.53 Å². The SMILES string of the molecule is COc1c2n3c(cc1=O)C(C)C(C)C3(C)CN(C)C2=O. The summed E-state index contributed by atoms with van der Waals surface area (Å²) in [5.41, 5.74) is 0.957. The van der Waals surface area contributed by atoms with Crippen molar-refractivity contribution in [3.05, 3.63) is 27.7 Å². The Morgan fingerprint density at radius 3 is 2.60 bits per heavy atom. The van der Waals surface area contributed by atoms with Crippen molar-refractivity contribution in [2.45, 2.75) is 32.2 Å². The van der Waals surface area contributed by atoms with Crippen molar-refractivity contribution >= 4 is 5.91 Å². The van der Waals surface area contributed by atoms with Gasteiger partial charge in [-0.1, -0.05) is 13.8 Å². The van der Waals surface area contributed by atoms with Gasteiger partial charge in [0.2, 0.25) is 5.43 Å². The van der Waals surface area contributed by atoms with Gasteiger partial charge in [-0.25, -0.2) is 0 Å². The van der Waals surface area contributed by atoms with Crippen LogP contribution in [0.2, 0.25) is 0 Å². The van der Waals surface area contributed by atoms with Gasteiger partial charge in [0, 0.05) is 31.3 Å². The standard InChI is InChI=1S/C15H20N2O3/c1-8-9(2)15(3)7-16(4)14(19)12-13(20-5)11(18)6-10(8)17(12)15/h6,8-9H,7H2,1-5H3. The summed E-state index contributed by atoms with van der Waals surface area (Å²) in [7, 11) is 3.23. The maximum atomic E-state index is 12.5. The summed E-state index contributed by atoms with van der Waals surface area (Å²) >= 11 is 0. The molecule has 0 saturated heterocycles. The number of pyridine rings is 1. The van der Waals surface area contributed by atoms with Crippen LogP contribution in [-0.4, -0.2) is 36.1 Å². The topological polar surface area (TPSA) is 51.5 Å². The van der Waals surface area contributed by atoms with E-state index in [0.717, 1.165) is 5.69 Å². The molecule has 0 radical (unpaired) electrons. The van der Waals surface area contributed by atoms with Crippen LogP contribution in [0.1, 0.15) is 42.9 Å². The largest absolute Gasteiger partial charge is 0.491 e. The highest BCUT2D eigenvalue weighted by Crippen LogP contribution is 2.48. The van der Waals surface area contributed by atoms with Crippen molar-refractivity contribution in [1.82, 2.24) is 9.47 Å². The van der Waals surface area contributed by atoms with Gasteiger partial charge in [0.25, 0.3) is 5.91 Å². The van der Waals surface area contributed by atoms with Crippen LogP contribution in [0.25, 0.3) is 0 Å². The minimum Gasteiger partial charge on any atom is -0.491 e. The van der Waals surface area contributed by atoms with E-state index in [-0.39, 0.29) is 28.5 Å². The third-order valence-corrected chi connectivity index (χ3v) is 5.22. The highest BCUT2D eigenvalue weighted by molar-refractivity contribution is 5.96. The summed E-state index contributed by atoms with van der Waals surface area (Å²) in [4.78, 5) is 26.4. The van der Waals surface area contributed by atoms with E-state index in [0.29, 0.717) is 18.2 Å². The smallest absolute Gasteiger partial charge is 0.274 e. The molecule has 0 aromatic carbocycles. The number of ether oxygens (including phenoxy) is 1. The van der Waals surface area contributed by atoms with E-state index in [1.165, 1.54) is 7.11 Å². The molecule has 3 atom stereocenters. The van der Waals surface area contributed by atoms with Gasteiger partial charge in [0.15, 0.2) is 11.4 Å². The van der Waals surface area contributed by atoms with E-state index < -0.39 is 0 Å². The molecule has 1 aromatic rings. The molecule has 0 saturated carbocycles. The summed E-state index contributed by atoms with van der Waals surface area (Å²) in [5.74, 6) is 0.623. The zero-order valence-electron chi connectivity index (χ0n) is 12.6. The molecule has 0 fully saturated rings. The lowest BCUT2D eigenvalue weighted by Crippen LogP contribution is -2.52. The predicted molar refractivity (Wildman–Crippen MR) is 75.4 cm³/mol. The van der Waals surface area contributed by atoms with Gasteiger partial charge in [-0.3, -0.25) is 9.59 Å². The molecule has 0 bridgehead atoms. The van der Waals surface area contributed by atoms with Crippen molar-refractivity contribution in [2.75, 3.05) is 20.7 Å². The number of aromatic nitrogens is 1. The number of carbonyl (C=O) groups excluding carboxylic acids is 1. The quantitative estimate of drug-likeness (QED) is 0.779. The molecule has 5 heteroatoms. The zero-order chi connectivity index (χ0) is 14.8. The second-order valence-corrected chi connectivity index (χ2v) is 6.25. The van der Waals surface area contributed by atoms with E-state index in [9.17, 15) is 9.59 Å². The lowest BCUT2D eigenvalue weighted by Gasteiger charge is -2.42. The first-order valence-corrected chi connectivity index (χ1v) is 6.92. The minimum absolute atomic E-state index is 0.139. The fourth-order valence-corrected chi connectivity index (χ4v) is 3.83. The molecule has 3 heterocycles. The molecule has 2 aliphatic rings. The van der Waals surface area contributed by atoms with Crippen LogP contribution in [-0.2, 0) is 5.54 Å². The fraction of sp³-hybridized carbons (Fsp3) is 0.600. The molecule has 20 heavy (non-hydrogen) atoms. The molecule has 1 aromatic heterocycles. The Morgan fingerprint density at radius 2 is 2.00 bits per heavy atom. The van der Waals surface area contributed by atoms with E-state index in [1.54, 1.807) is 18.0 Å².